The van der Waals surface area contributed by atoms with Crippen LogP contribution in [-0.2, 0) is 15.8 Å². The molecule has 6 nitrogen and oxygen atoms in total. The lowest BCUT2D eigenvalue weighted by Gasteiger charge is -2.18. The standard InChI is InChI=1S/C16H20N4O2S/c21-23(22,11-13-4-2-1-3-5-13)19-9-8-15(10-19)20-12-17-18-16(20)14-6-7-14/h1-5,12,14-15H,6-11H2. The number of nitrogens with zero attached hydrogens (tertiary/aromatic N) is 4. The summed E-state index contributed by atoms with van der Waals surface area (Å²) in [7, 11) is -3.28. The van der Waals surface area contributed by atoms with Gasteiger partial charge in [0.1, 0.15) is 12.2 Å². The highest BCUT2D eigenvalue weighted by atomic mass is 32.2. The molecule has 1 atom stereocenters. The molecule has 1 aliphatic carbocycles. The van der Waals surface area contributed by atoms with Crippen LogP contribution in [0, 0.1) is 0 Å². The highest BCUT2D eigenvalue weighted by molar-refractivity contribution is 7.88. The van der Waals surface area contributed by atoms with Crippen LogP contribution in [0.25, 0.3) is 0 Å². The van der Waals surface area contributed by atoms with E-state index < -0.39 is 10.0 Å². The Morgan fingerprint density at radius 2 is 1.91 bits per heavy atom. The highest BCUT2D eigenvalue weighted by Gasteiger charge is 2.36. The Balaban J connectivity index is 1.48. The number of aromatic nitrogens is 3. The molecule has 2 aromatic rings. The Kier molecular flexibility index (Phi) is 3.69. The lowest BCUT2D eigenvalue weighted by atomic mass is 10.2. The zero-order chi connectivity index (χ0) is 15.9. The molecule has 23 heavy (non-hydrogen) atoms. The predicted octanol–water partition coefficient (Wildman–Crippen LogP) is 1.93. The van der Waals surface area contributed by atoms with E-state index in [1.807, 2.05) is 30.3 Å². The maximum atomic E-state index is 12.6. The first-order valence-corrected chi connectivity index (χ1v) is 9.65. The third kappa shape index (κ3) is 3.03. The molecule has 1 aromatic heterocycles. The molecule has 4 rings (SSSR count). The second-order valence-electron chi connectivity index (χ2n) is 6.41. The Bertz CT molecular complexity index is 783. The SMILES string of the molecule is O=S(=O)(Cc1ccccc1)N1CCC(n2cnnc2C2CC2)C1. The predicted molar refractivity (Wildman–Crippen MR) is 86.3 cm³/mol. The van der Waals surface area contributed by atoms with Crippen LogP contribution >= 0.6 is 0 Å². The Hall–Kier alpha value is -1.73. The van der Waals surface area contributed by atoms with E-state index in [0.717, 1.165) is 17.8 Å². The summed E-state index contributed by atoms with van der Waals surface area (Å²) in [4.78, 5) is 0. The van der Waals surface area contributed by atoms with E-state index in [0.29, 0.717) is 19.0 Å². The fourth-order valence-corrected chi connectivity index (χ4v) is 4.81. The smallest absolute Gasteiger partial charge is 0.218 e. The van der Waals surface area contributed by atoms with Gasteiger partial charge in [-0.05, 0) is 24.8 Å². The first-order valence-electron chi connectivity index (χ1n) is 8.04. The van der Waals surface area contributed by atoms with E-state index >= 15 is 0 Å². The third-order valence-electron chi connectivity index (χ3n) is 4.65. The fraction of sp³-hybridized carbons (Fsp3) is 0.500. The third-order valence-corrected chi connectivity index (χ3v) is 6.46. The Morgan fingerprint density at radius 1 is 1.13 bits per heavy atom. The minimum absolute atomic E-state index is 0.0677. The van der Waals surface area contributed by atoms with Gasteiger partial charge in [0, 0.05) is 19.0 Å². The van der Waals surface area contributed by atoms with Crippen LogP contribution in [0.15, 0.2) is 36.7 Å². The Morgan fingerprint density at radius 3 is 2.65 bits per heavy atom. The number of rotatable bonds is 5. The lowest BCUT2D eigenvalue weighted by Crippen LogP contribution is -2.30. The average Bonchev–Trinajstić information content (AvgIpc) is 3.07. The molecular formula is C16H20N4O2S. The van der Waals surface area contributed by atoms with Gasteiger partial charge in [0.25, 0.3) is 0 Å². The van der Waals surface area contributed by atoms with Crippen molar-refractivity contribution in [3.8, 4) is 0 Å². The van der Waals surface area contributed by atoms with E-state index in [1.54, 1.807) is 10.6 Å². The summed E-state index contributed by atoms with van der Waals surface area (Å²) in [5.74, 6) is 1.61. The molecule has 1 aromatic carbocycles. The van der Waals surface area contributed by atoms with Gasteiger partial charge in [-0.1, -0.05) is 30.3 Å². The second-order valence-corrected chi connectivity index (χ2v) is 8.38. The van der Waals surface area contributed by atoms with E-state index in [-0.39, 0.29) is 11.8 Å². The number of sulfonamides is 1. The van der Waals surface area contributed by atoms with Gasteiger partial charge in [-0.3, -0.25) is 0 Å². The first-order chi connectivity index (χ1) is 11.1. The van der Waals surface area contributed by atoms with E-state index in [2.05, 4.69) is 14.8 Å². The van der Waals surface area contributed by atoms with Crippen molar-refractivity contribution in [1.29, 1.82) is 0 Å². The van der Waals surface area contributed by atoms with E-state index in [4.69, 9.17) is 0 Å². The summed E-state index contributed by atoms with van der Waals surface area (Å²) >= 11 is 0. The lowest BCUT2D eigenvalue weighted by molar-refractivity contribution is 0.445. The van der Waals surface area contributed by atoms with Crippen molar-refractivity contribution in [1.82, 2.24) is 19.1 Å². The van der Waals surface area contributed by atoms with Crippen LogP contribution in [-0.4, -0.2) is 40.6 Å². The summed E-state index contributed by atoms with van der Waals surface area (Å²) in [6.45, 7) is 1.09. The van der Waals surface area contributed by atoms with Crippen molar-refractivity contribution in [2.75, 3.05) is 13.1 Å². The van der Waals surface area contributed by atoms with Crippen LogP contribution in [0.1, 0.15) is 42.6 Å². The van der Waals surface area contributed by atoms with Gasteiger partial charge in [0.05, 0.1) is 11.8 Å². The minimum Gasteiger partial charge on any atom is -0.313 e. The van der Waals surface area contributed by atoms with Crippen LogP contribution in [0.4, 0.5) is 0 Å². The second kappa shape index (κ2) is 5.72. The minimum atomic E-state index is -3.28. The maximum Gasteiger partial charge on any atom is 0.218 e. The fourth-order valence-electron chi connectivity index (χ4n) is 3.23. The zero-order valence-electron chi connectivity index (χ0n) is 12.9. The van der Waals surface area contributed by atoms with E-state index in [9.17, 15) is 8.42 Å². The van der Waals surface area contributed by atoms with Crippen molar-refractivity contribution < 1.29 is 8.42 Å². The molecule has 7 heteroatoms. The highest BCUT2D eigenvalue weighted by Crippen LogP contribution is 2.40. The molecular weight excluding hydrogens is 312 g/mol. The summed E-state index contributed by atoms with van der Waals surface area (Å²) in [5.41, 5.74) is 0.832. The number of benzene rings is 1. The van der Waals surface area contributed by atoms with Crippen LogP contribution < -0.4 is 0 Å². The van der Waals surface area contributed by atoms with Gasteiger partial charge in [-0.2, -0.15) is 4.31 Å². The van der Waals surface area contributed by atoms with Gasteiger partial charge >= 0.3 is 0 Å². The van der Waals surface area contributed by atoms with Gasteiger partial charge < -0.3 is 4.57 Å². The van der Waals surface area contributed by atoms with Crippen LogP contribution in [0.5, 0.6) is 0 Å². The molecule has 0 bridgehead atoms. The largest absolute Gasteiger partial charge is 0.313 e. The normalized spacial score (nSPS) is 22.5. The van der Waals surface area contributed by atoms with Crippen molar-refractivity contribution >= 4 is 10.0 Å². The van der Waals surface area contributed by atoms with Crippen LogP contribution in [0.2, 0.25) is 0 Å². The summed E-state index contributed by atoms with van der Waals surface area (Å²) in [5, 5.41) is 8.25. The van der Waals surface area contributed by atoms with Gasteiger partial charge in [0.15, 0.2) is 0 Å². The van der Waals surface area contributed by atoms with Gasteiger partial charge in [-0.25, -0.2) is 8.42 Å². The van der Waals surface area contributed by atoms with Gasteiger partial charge in [0.2, 0.25) is 10.0 Å². The molecule has 2 fully saturated rings. The van der Waals surface area contributed by atoms with E-state index in [1.165, 1.54) is 12.8 Å². The molecule has 2 aliphatic rings. The molecule has 2 heterocycles. The molecule has 0 amide bonds. The molecule has 122 valence electrons. The molecule has 1 saturated heterocycles. The van der Waals surface area contributed by atoms with Crippen molar-refractivity contribution in [3.05, 3.63) is 48.0 Å². The summed E-state index contributed by atoms with van der Waals surface area (Å²) < 4.78 is 29.0. The quantitative estimate of drug-likeness (QED) is 0.839. The average molecular weight is 332 g/mol. The molecule has 1 saturated carbocycles. The summed E-state index contributed by atoms with van der Waals surface area (Å²) in [6.07, 6.45) is 4.92. The van der Waals surface area contributed by atoms with Crippen molar-refractivity contribution in [2.45, 2.75) is 37.0 Å². The molecule has 1 aliphatic heterocycles. The molecule has 0 spiro atoms. The molecule has 0 N–H and O–H groups in total. The maximum absolute atomic E-state index is 12.6. The van der Waals surface area contributed by atoms with Gasteiger partial charge in [-0.15, -0.1) is 10.2 Å². The monoisotopic (exact) mass is 332 g/mol. The molecule has 0 radical (unpaired) electrons. The van der Waals surface area contributed by atoms with Crippen molar-refractivity contribution in [3.63, 3.8) is 0 Å². The number of hydrogen-bond donors (Lipinski definition) is 0. The number of hydrogen-bond acceptors (Lipinski definition) is 4. The topological polar surface area (TPSA) is 68.1 Å². The van der Waals surface area contributed by atoms with Crippen molar-refractivity contribution in [2.24, 2.45) is 0 Å². The first kappa shape index (κ1) is 14.8. The zero-order valence-corrected chi connectivity index (χ0v) is 13.7. The molecule has 1 unspecified atom stereocenters. The van der Waals surface area contributed by atoms with Crippen LogP contribution in [0.3, 0.4) is 0 Å². The summed E-state index contributed by atoms with van der Waals surface area (Å²) in [6, 6.07) is 9.51. The Labute approximate surface area is 136 Å².